The molecular formula is C59H40. The predicted molar refractivity (Wildman–Crippen MR) is 253 cm³/mol. The van der Waals surface area contributed by atoms with Gasteiger partial charge in [0, 0.05) is 5.41 Å². The van der Waals surface area contributed by atoms with E-state index < -0.39 is 0 Å². The summed E-state index contributed by atoms with van der Waals surface area (Å²) in [5, 5.41) is 12.7. The van der Waals surface area contributed by atoms with Gasteiger partial charge in [-0.15, -0.1) is 0 Å². The maximum Gasteiger partial charge on any atom is 0.0159 e. The molecule has 276 valence electrons. The van der Waals surface area contributed by atoms with Crippen LogP contribution in [0.5, 0.6) is 0 Å². The van der Waals surface area contributed by atoms with E-state index in [-0.39, 0.29) is 5.41 Å². The van der Waals surface area contributed by atoms with Crippen molar-refractivity contribution in [1.29, 1.82) is 0 Å². The van der Waals surface area contributed by atoms with Gasteiger partial charge in [0.1, 0.15) is 0 Å². The first kappa shape index (κ1) is 33.8. The Labute approximate surface area is 344 Å². The second kappa shape index (κ2) is 12.9. The Bertz CT molecular complexity index is 3530. The van der Waals surface area contributed by atoms with Crippen LogP contribution in [0.3, 0.4) is 0 Å². The van der Waals surface area contributed by atoms with Crippen LogP contribution < -0.4 is 0 Å². The molecule has 0 spiro atoms. The van der Waals surface area contributed by atoms with E-state index in [4.69, 9.17) is 0 Å². The Kier molecular flexibility index (Phi) is 7.38. The predicted octanol–water partition coefficient (Wildman–Crippen LogP) is 16.4. The molecule has 0 saturated carbocycles. The van der Waals surface area contributed by atoms with Gasteiger partial charge in [-0.3, -0.25) is 0 Å². The van der Waals surface area contributed by atoms with Crippen LogP contribution >= 0.6 is 0 Å². The van der Waals surface area contributed by atoms with Crippen LogP contribution in [0.4, 0.5) is 0 Å². The normalized spacial score (nSPS) is 13.1. The first-order valence-electron chi connectivity index (χ1n) is 20.7. The van der Waals surface area contributed by atoms with E-state index in [0.717, 1.165) is 0 Å². The van der Waals surface area contributed by atoms with Crippen molar-refractivity contribution < 1.29 is 0 Å². The smallest absolute Gasteiger partial charge is 0.0159 e. The largest absolute Gasteiger partial charge is 0.0619 e. The summed E-state index contributed by atoms with van der Waals surface area (Å²) < 4.78 is 0. The Morgan fingerprint density at radius 2 is 0.814 bits per heavy atom. The standard InChI is InChI=1S/C59H40/c1-59(2)55-25-12-11-22-48(55)49-30-29-44(36-56(49)59)58-51-24-10-9-23-50(51)57(52-31-28-40(34-54(52)58)39-27-26-37-14-3-4-15-38(37)32-39)43-18-13-17-41(33-43)53-35-42-16-5-6-19-45(42)46-20-7-8-21-47(46)53/h3-36H,1-2H3. The van der Waals surface area contributed by atoms with Gasteiger partial charge in [-0.25, -0.2) is 0 Å². The SMILES string of the molecule is CC1(C)c2ccccc2-c2ccc(-c3c4ccccc4c(-c4cccc(-c5cc6ccccc6c6ccccc56)c4)c4ccc(-c5ccc6ccccc6c5)cc34)cc21. The molecule has 11 aromatic rings. The highest BCUT2D eigenvalue weighted by atomic mass is 14.4. The van der Waals surface area contributed by atoms with Crippen LogP contribution in [0.1, 0.15) is 25.0 Å². The highest BCUT2D eigenvalue weighted by Crippen LogP contribution is 2.52. The highest BCUT2D eigenvalue weighted by molar-refractivity contribution is 6.22. The van der Waals surface area contributed by atoms with Crippen LogP contribution in [0, 0.1) is 0 Å². The molecule has 0 atom stereocenters. The Morgan fingerprint density at radius 1 is 0.254 bits per heavy atom. The number of hydrogen-bond donors (Lipinski definition) is 0. The number of benzene rings is 11. The fourth-order valence-electron chi connectivity index (χ4n) is 10.3. The molecule has 0 heterocycles. The van der Waals surface area contributed by atoms with Gasteiger partial charge >= 0.3 is 0 Å². The van der Waals surface area contributed by atoms with Crippen molar-refractivity contribution in [2.24, 2.45) is 0 Å². The van der Waals surface area contributed by atoms with E-state index in [9.17, 15) is 0 Å². The highest BCUT2D eigenvalue weighted by Gasteiger charge is 2.35. The Balaban J connectivity index is 1.13. The molecule has 0 saturated heterocycles. The maximum atomic E-state index is 2.49. The molecule has 0 heteroatoms. The Morgan fingerprint density at radius 3 is 1.64 bits per heavy atom. The lowest BCUT2D eigenvalue weighted by Gasteiger charge is -2.23. The summed E-state index contributed by atoms with van der Waals surface area (Å²) in [6, 6.07) is 77.2. The van der Waals surface area contributed by atoms with Crippen LogP contribution in [0.25, 0.3) is 109 Å². The Hall–Kier alpha value is -7.28. The fraction of sp³-hybridized carbons (Fsp3) is 0.0508. The minimum Gasteiger partial charge on any atom is -0.0619 e. The molecule has 0 nitrogen and oxygen atoms in total. The van der Waals surface area contributed by atoms with Crippen molar-refractivity contribution in [2.45, 2.75) is 19.3 Å². The van der Waals surface area contributed by atoms with Gasteiger partial charge < -0.3 is 0 Å². The molecule has 0 amide bonds. The lowest BCUT2D eigenvalue weighted by atomic mass is 9.80. The van der Waals surface area contributed by atoms with E-state index in [1.165, 1.54) is 121 Å². The zero-order valence-electron chi connectivity index (χ0n) is 33.1. The molecule has 0 fully saturated rings. The third kappa shape index (κ3) is 5.16. The molecule has 0 radical (unpaired) electrons. The number of hydrogen-bond acceptors (Lipinski definition) is 0. The molecule has 0 aliphatic heterocycles. The van der Waals surface area contributed by atoms with E-state index in [2.05, 4.69) is 220 Å². The fourth-order valence-corrected chi connectivity index (χ4v) is 10.3. The molecule has 0 aromatic heterocycles. The van der Waals surface area contributed by atoms with Gasteiger partial charge in [0.2, 0.25) is 0 Å². The van der Waals surface area contributed by atoms with Crippen molar-refractivity contribution in [2.75, 3.05) is 0 Å². The summed E-state index contributed by atoms with van der Waals surface area (Å²) in [4.78, 5) is 0. The van der Waals surface area contributed by atoms with E-state index in [0.29, 0.717) is 0 Å². The van der Waals surface area contributed by atoms with Crippen molar-refractivity contribution in [3.63, 3.8) is 0 Å². The van der Waals surface area contributed by atoms with Crippen molar-refractivity contribution in [3.8, 4) is 55.6 Å². The van der Waals surface area contributed by atoms with Crippen molar-refractivity contribution in [3.05, 3.63) is 217 Å². The average Bonchev–Trinajstić information content (AvgIpc) is 3.52. The molecule has 59 heavy (non-hydrogen) atoms. The first-order valence-corrected chi connectivity index (χ1v) is 20.7. The minimum absolute atomic E-state index is 0.100. The monoisotopic (exact) mass is 748 g/mol. The minimum atomic E-state index is -0.100. The number of rotatable bonds is 4. The third-order valence-corrected chi connectivity index (χ3v) is 13.2. The van der Waals surface area contributed by atoms with Gasteiger partial charge in [-0.2, -0.15) is 0 Å². The topological polar surface area (TPSA) is 0 Å². The molecule has 12 rings (SSSR count). The van der Waals surface area contributed by atoms with Crippen LogP contribution in [-0.4, -0.2) is 0 Å². The molecule has 0 bridgehead atoms. The van der Waals surface area contributed by atoms with E-state index in [1.807, 2.05) is 0 Å². The summed E-state index contributed by atoms with van der Waals surface area (Å²) in [6.45, 7) is 4.76. The van der Waals surface area contributed by atoms with Gasteiger partial charge in [-0.1, -0.05) is 190 Å². The van der Waals surface area contributed by atoms with Gasteiger partial charge in [0.25, 0.3) is 0 Å². The van der Waals surface area contributed by atoms with Crippen molar-refractivity contribution in [1.82, 2.24) is 0 Å². The third-order valence-electron chi connectivity index (χ3n) is 13.2. The second-order valence-electron chi connectivity index (χ2n) is 16.8. The van der Waals surface area contributed by atoms with E-state index >= 15 is 0 Å². The van der Waals surface area contributed by atoms with Crippen molar-refractivity contribution >= 4 is 53.9 Å². The molecule has 1 aliphatic rings. The molecule has 11 aromatic carbocycles. The molecule has 0 N–H and O–H groups in total. The second-order valence-corrected chi connectivity index (χ2v) is 16.8. The summed E-state index contributed by atoms with van der Waals surface area (Å²) in [5.41, 5.74) is 15.3. The zero-order valence-corrected chi connectivity index (χ0v) is 33.1. The van der Waals surface area contributed by atoms with E-state index in [1.54, 1.807) is 0 Å². The summed E-state index contributed by atoms with van der Waals surface area (Å²) in [7, 11) is 0. The summed E-state index contributed by atoms with van der Waals surface area (Å²) >= 11 is 0. The van der Waals surface area contributed by atoms with Gasteiger partial charge in [0.15, 0.2) is 0 Å². The summed E-state index contributed by atoms with van der Waals surface area (Å²) in [6.07, 6.45) is 0. The maximum absolute atomic E-state index is 2.49. The molecule has 0 unspecified atom stereocenters. The van der Waals surface area contributed by atoms with Crippen LogP contribution in [-0.2, 0) is 5.41 Å². The average molecular weight is 749 g/mol. The lowest BCUT2D eigenvalue weighted by molar-refractivity contribution is 0.660. The lowest BCUT2D eigenvalue weighted by Crippen LogP contribution is -2.14. The first-order chi connectivity index (χ1) is 29.0. The van der Waals surface area contributed by atoms with Crippen LogP contribution in [0.2, 0.25) is 0 Å². The van der Waals surface area contributed by atoms with Gasteiger partial charge in [0.05, 0.1) is 0 Å². The molecule has 1 aliphatic carbocycles. The van der Waals surface area contributed by atoms with Gasteiger partial charge in [-0.05, 0) is 151 Å². The molecular weight excluding hydrogens is 709 g/mol. The van der Waals surface area contributed by atoms with Crippen LogP contribution in [0.15, 0.2) is 206 Å². The zero-order chi connectivity index (χ0) is 39.2. The number of fused-ring (bicyclic) bond motifs is 9. The summed E-state index contributed by atoms with van der Waals surface area (Å²) in [5.74, 6) is 0. The quantitative estimate of drug-likeness (QED) is 0.124.